The third-order valence-electron chi connectivity index (χ3n) is 4.16. The molecule has 0 heterocycles. The normalized spacial score (nSPS) is 12.0. The number of hydrogen-bond acceptors (Lipinski definition) is 7. The monoisotopic (exact) mass is 450 g/mol. The SMILES string of the molecule is CC(=O)N(O)Oc1ccc(C(=O)NC(CCS(C)(=O)=O)C(=O)O)c(-c2ccccc2)c1. The number of carbonyl (C=O) groups is 3. The van der Waals surface area contributed by atoms with Gasteiger partial charge in [-0.3, -0.25) is 14.8 Å². The van der Waals surface area contributed by atoms with Gasteiger partial charge in [-0.15, -0.1) is 0 Å². The summed E-state index contributed by atoms with van der Waals surface area (Å²) in [4.78, 5) is 40.5. The molecule has 2 amide bonds. The van der Waals surface area contributed by atoms with Crippen molar-refractivity contribution >= 4 is 27.6 Å². The second-order valence-corrected chi connectivity index (χ2v) is 9.00. The maximum atomic E-state index is 12.8. The Kier molecular flexibility index (Phi) is 7.72. The average Bonchev–Trinajstić information content (AvgIpc) is 2.70. The summed E-state index contributed by atoms with van der Waals surface area (Å²) in [6.07, 6.45) is 0.686. The maximum absolute atomic E-state index is 12.8. The van der Waals surface area contributed by atoms with Crippen LogP contribution in [0.25, 0.3) is 11.1 Å². The number of nitrogens with one attached hydrogen (secondary N) is 1. The third kappa shape index (κ3) is 7.08. The topological polar surface area (TPSA) is 150 Å². The van der Waals surface area contributed by atoms with Crippen LogP contribution in [0.5, 0.6) is 5.75 Å². The average molecular weight is 450 g/mol. The van der Waals surface area contributed by atoms with Gasteiger partial charge < -0.3 is 15.3 Å². The highest BCUT2D eigenvalue weighted by Gasteiger charge is 2.24. The molecule has 31 heavy (non-hydrogen) atoms. The van der Waals surface area contributed by atoms with Crippen LogP contribution in [0.1, 0.15) is 23.7 Å². The molecule has 2 aromatic carbocycles. The van der Waals surface area contributed by atoms with Crippen LogP contribution in [0, 0.1) is 0 Å². The van der Waals surface area contributed by atoms with E-state index in [0.717, 1.165) is 13.2 Å². The molecule has 0 aliphatic heterocycles. The predicted molar refractivity (Wildman–Crippen MR) is 110 cm³/mol. The smallest absolute Gasteiger partial charge is 0.326 e. The number of carboxylic acid groups (broad SMARTS) is 1. The molecule has 3 N–H and O–H groups in total. The quantitative estimate of drug-likeness (QED) is 0.384. The van der Waals surface area contributed by atoms with Crippen LogP contribution in [-0.4, -0.2) is 59.8 Å². The number of hydroxylamine groups is 2. The second-order valence-electron chi connectivity index (χ2n) is 6.74. The van der Waals surface area contributed by atoms with E-state index >= 15 is 0 Å². The van der Waals surface area contributed by atoms with Crippen molar-refractivity contribution in [1.82, 2.24) is 10.5 Å². The molecule has 0 radical (unpaired) electrons. The number of sulfone groups is 1. The first kappa shape index (κ1) is 23.8. The Bertz CT molecular complexity index is 1070. The number of hydrogen-bond donors (Lipinski definition) is 3. The van der Waals surface area contributed by atoms with Gasteiger partial charge in [0, 0.05) is 18.7 Å². The van der Waals surface area contributed by atoms with Gasteiger partial charge in [0.25, 0.3) is 11.8 Å². The van der Waals surface area contributed by atoms with Crippen molar-refractivity contribution < 1.29 is 38.0 Å². The first-order valence-electron chi connectivity index (χ1n) is 9.06. The fourth-order valence-electron chi connectivity index (χ4n) is 2.62. The van der Waals surface area contributed by atoms with E-state index in [1.54, 1.807) is 30.3 Å². The van der Waals surface area contributed by atoms with E-state index in [2.05, 4.69) is 5.32 Å². The zero-order valence-electron chi connectivity index (χ0n) is 16.8. The minimum atomic E-state index is -3.42. The molecule has 0 fully saturated rings. The molecule has 11 heteroatoms. The molecule has 0 aromatic heterocycles. The third-order valence-corrected chi connectivity index (χ3v) is 5.14. The van der Waals surface area contributed by atoms with Crippen LogP contribution < -0.4 is 10.2 Å². The molecule has 0 saturated carbocycles. The van der Waals surface area contributed by atoms with Crippen molar-refractivity contribution in [3.05, 3.63) is 54.1 Å². The lowest BCUT2D eigenvalue weighted by atomic mass is 9.98. The lowest BCUT2D eigenvalue weighted by Crippen LogP contribution is -2.42. The minimum Gasteiger partial charge on any atom is -0.480 e. The number of amides is 2. The highest BCUT2D eigenvalue weighted by molar-refractivity contribution is 7.90. The van der Waals surface area contributed by atoms with E-state index in [1.807, 2.05) is 0 Å². The van der Waals surface area contributed by atoms with Crippen molar-refractivity contribution in [1.29, 1.82) is 0 Å². The Labute approximate surface area is 178 Å². The van der Waals surface area contributed by atoms with Crippen LogP contribution in [0.2, 0.25) is 0 Å². The summed E-state index contributed by atoms with van der Waals surface area (Å²) in [5.41, 5.74) is 1.03. The molecule has 10 nitrogen and oxygen atoms in total. The van der Waals surface area contributed by atoms with E-state index in [0.29, 0.717) is 11.1 Å². The first-order valence-corrected chi connectivity index (χ1v) is 11.1. The Hall–Kier alpha value is -3.44. The lowest BCUT2D eigenvalue weighted by Gasteiger charge is -2.18. The fraction of sp³-hybridized carbons (Fsp3) is 0.250. The summed E-state index contributed by atoms with van der Waals surface area (Å²) in [5.74, 6) is -3.22. The summed E-state index contributed by atoms with van der Waals surface area (Å²) >= 11 is 0. The first-order chi connectivity index (χ1) is 14.5. The number of nitrogens with zero attached hydrogens (tertiary/aromatic N) is 1. The van der Waals surface area contributed by atoms with Gasteiger partial charge in [-0.1, -0.05) is 30.3 Å². The van der Waals surface area contributed by atoms with E-state index in [4.69, 9.17) is 4.84 Å². The van der Waals surface area contributed by atoms with E-state index in [-0.39, 0.29) is 23.0 Å². The largest absolute Gasteiger partial charge is 0.480 e. The van der Waals surface area contributed by atoms with Crippen LogP contribution in [0.3, 0.4) is 0 Å². The Morgan fingerprint density at radius 3 is 2.32 bits per heavy atom. The number of carboxylic acids is 1. The number of rotatable bonds is 9. The highest BCUT2D eigenvalue weighted by atomic mass is 32.2. The molecule has 0 bridgehead atoms. The molecule has 0 spiro atoms. The molecular weight excluding hydrogens is 428 g/mol. The van der Waals surface area contributed by atoms with E-state index in [1.165, 1.54) is 18.2 Å². The second kappa shape index (κ2) is 10.0. The van der Waals surface area contributed by atoms with Crippen LogP contribution in [0.4, 0.5) is 0 Å². The van der Waals surface area contributed by atoms with Crippen molar-refractivity contribution in [2.45, 2.75) is 19.4 Å². The number of aliphatic carboxylic acids is 1. The van der Waals surface area contributed by atoms with Gasteiger partial charge in [-0.2, -0.15) is 0 Å². The minimum absolute atomic E-state index is 0.0372. The molecule has 166 valence electrons. The molecule has 0 aliphatic rings. The summed E-state index contributed by atoms with van der Waals surface area (Å²) in [7, 11) is -3.42. The van der Waals surface area contributed by atoms with Gasteiger partial charge in [0.1, 0.15) is 15.9 Å². The van der Waals surface area contributed by atoms with Gasteiger partial charge in [0.15, 0.2) is 5.75 Å². The maximum Gasteiger partial charge on any atom is 0.326 e. The summed E-state index contributed by atoms with van der Waals surface area (Å²) < 4.78 is 22.7. The number of benzene rings is 2. The van der Waals surface area contributed by atoms with Crippen LogP contribution in [-0.2, 0) is 19.4 Å². The highest BCUT2D eigenvalue weighted by Crippen LogP contribution is 2.28. The molecule has 1 atom stereocenters. The number of carbonyl (C=O) groups excluding carboxylic acids is 2. The Balaban J connectivity index is 2.38. The van der Waals surface area contributed by atoms with E-state index in [9.17, 15) is 33.1 Å². The lowest BCUT2D eigenvalue weighted by molar-refractivity contribution is -0.263. The van der Waals surface area contributed by atoms with E-state index < -0.39 is 39.4 Å². The summed E-state index contributed by atoms with van der Waals surface area (Å²) in [5, 5.41) is 21.2. The molecule has 2 aromatic rings. The van der Waals surface area contributed by atoms with Gasteiger partial charge in [-0.25, -0.2) is 13.2 Å². The molecule has 0 aliphatic carbocycles. The van der Waals surface area contributed by atoms with Gasteiger partial charge in [-0.05, 0) is 41.0 Å². The van der Waals surface area contributed by atoms with Gasteiger partial charge >= 0.3 is 5.97 Å². The van der Waals surface area contributed by atoms with Crippen LogP contribution in [0.15, 0.2) is 48.5 Å². The van der Waals surface area contributed by atoms with Crippen LogP contribution >= 0.6 is 0 Å². The van der Waals surface area contributed by atoms with Crippen molar-refractivity contribution in [3.63, 3.8) is 0 Å². The van der Waals surface area contributed by atoms with Gasteiger partial charge in [0.2, 0.25) is 0 Å². The zero-order chi connectivity index (χ0) is 23.2. The van der Waals surface area contributed by atoms with Crippen molar-refractivity contribution in [3.8, 4) is 16.9 Å². The Morgan fingerprint density at radius 2 is 1.77 bits per heavy atom. The molecule has 1 unspecified atom stereocenters. The Morgan fingerprint density at radius 1 is 1.13 bits per heavy atom. The van der Waals surface area contributed by atoms with Crippen molar-refractivity contribution in [2.24, 2.45) is 0 Å². The molecular formula is C20H22N2O8S. The predicted octanol–water partition coefficient (Wildman–Crippen LogP) is 1.50. The summed E-state index contributed by atoms with van der Waals surface area (Å²) in [6, 6.07) is 11.3. The molecule has 0 saturated heterocycles. The fourth-order valence-corrected chi connectivity index (χ4v) is 3.29. The summed E-state index contributed by atoms with van der Waals surface area (Å²) in [6.45, 7) is 1.09. The zero-order valence-corrected chi connectivity index (χ0v) is 17.6. The standard InChI is InChI=1S/C20H22N2O8S/c1-13(23)22(27)30-15-8-9-16(17(12-15)14-6-4-3-5-7-14)19(24)21-18(20(25)26)10-11-31(2,28)29/h3-9,12,18,27H,10-11H2,1-2H3,(H,21,24)(H,25,26). The van der Waals surface area contributed by atoms with Gasteiger partial charge in [0.05, 0.1) is 5.75 Å². The molecule has 2 rings (SSSR count). The van der Waals surface area contributed by atoms with Crippen molar-refractivity contribution in [2.75, 3.05) is 12.0 Å².